The second-order valence-electron chi connectivity index (χ2n) is 6.37. The van der Waals surface area contributed by atoms with Gasteiger partial charge in [-0.15, -0.1) is 11.3 Å². The fourth-order valence-corrected chi connectivity index (χ4v) is 3.87. The van der Waals surface area contributed by atoms with Crippen LogP contribution in [0.25, 0.3) is 0 Å². The number of benzene rings is 1. The highest BCUT2D eigenvalue weighted by atomic mass is 32.1. The van der Waals surface area contributed by atoms with Crippen molar-refractivity contribution in [3.05, 3.63) is 56.8 Å². The Bertz CT molecular complexity index is 727. The molecule has 1 amide bonds. The third-order valence-corrected chi connectivity index (χ3v) is 5.19. The Hall–Kier alpha value is -2.29. The van der Waals surface area contributed by atoms with Crippen molar-refractivity contribution < 1.29 is 19.4 Å². The summed E-state index contributed by atoms with van der Waals surface area (Å²) in [4.78, 5) is 25.1. The van der Waals surface area contributed by atoms with Crippen LogP contribution in [0.4, 0.5) is 11.4 Å². The smallest absolute Gasteiger partial charge is 0.279 e. The van der Waals surface area contributed by atoms with Crippen molar-refractivity contribution in [2.45, 2.75) is 25.5 Å². The van der Waals surface area contributed by atoms with E-state index in [1.807, 2.05) is 11.4 Å². The predicted octanol–water partition coefficient (Wildman–Crippen LogP) is 1.86. The standard InChI is InChI=1S/C18H21N3O4S/c22-18(19-14-5-7-15(8-6-14)21(23)24)13-20(11-16-3-1-9-25-16)12-17-4-2-10-26-17/h2,4-8,10,16H,1,3,9,11-13H2,(H,19,22)/p+1/t16-/m0/s1. The Kier molecular flexibility index (Phi) is 6.32. The van der Waals surface area contributed by atoms with Gasteiger partial charge >= 0.3 is 0 Å². The Morgan fingerprint density at radius 3 is 2.77 bits per heavy atom. The highest BCUT2D eigenvalue weighted by Crippen LogP contribution is 2.15. The van der Waals surface area contributed by atoms with Crippen molar-refractivity contribution in [3.63, 3.8) is 0 Å². The number of carbonyl (C=O) groups is 1. The molecule has 1 unspecified atom stereocenters. The van der Waals surface area contributed by atoms with Gasteiger partial charge in [-0.2, -0.15) is 0 Å². The molecule has 0 bridgehead atoms. The summed E-state index contributed by atoms with van der Waals surface area (Å²) in [6.45, 7) is 2.71. The Morgan fingerprint density at radius 2 is 2.15 bits per heavy atom. The van der Waals surface area contributed by atoms with Gasteiger partial charge in [-0.05, 0) is 36.4 Å². The number of carbonyl (C=O) groups excluding carboxylic acids is 1. The molecule has 1 aliphatic rings. The second-order valence-corrected chi connectivity index (χ2v) is 7.41. The number of anilines is 1. The van der Waals surface area contributed by atoms with E-state index < -0.39 is 4.92 Å². The lowest BCUT2D eigenvalue weighted by Gasteiger charge is -2.21. The van der Waals surface area contributed by atoms with Crippen molar-refractivity contribution >= 4 is 28.6 Å². The highest BCUT2D eigenvalue weighted by Gasteiger charge is 2.24. The minimum Gasteiger partial charge on any atom is -0.372 e. The van der Waals surface area contributed by atoms with E-state index in [0.717, 1.165) is 37.4 Å². The average Bonchev–Trinajstić information content (AvgIpc) is 3.29. The molecule has 1 saturated heterocycles. The third-order valence-electron chi connectivity index (χ3n) is 4.32. The number of nitrogens with one attached hydrogen (secondary N) is 2. The summed E-state index contributed by atoms with van der Waals surface area (Å²) in [6.07, 6.45) is 2.32. The van der Waals surface area contributed by atoms with Crippen LogP contribution in [-0.2, 0) is 16.1 Å². The number of nitro benzene ring substituents is 1. The molecule has 2 atom stereocenters. The molecule has 8 heteroatoms. The Labute approximate surface area is 155 Å². The molecule has 7 nitrogen and oxygen atoms in total. The maximum atomic E-state index is 12.4. The van der Waals surface area contributed by atoms with Crippen molar-refractivity contribution in [3.8, 4) is 0 Å². The number of hydrogen-bond donors (Lipinski definition) is 2. The van der Waals surface area contributed by atoms with E-state index in [1.54, 1.807) is 23.5 Å². The molecule has 1 fully saturated rings. The SMILES string of the molecule is O=C(C[NH+](Cc1cccs1)C[C@@H]1CCCO1)Nc1ccc([N+](=O)[O-])cc1. The minimum absolute atomic E-state index is 0.00586. The van der Waals surface area contributed by atoms with Crippen LogP contribution in [0.15, 0.2) is 41.8 Å². The fraction of sp³-hybridized carbons (Fsp3) is 0.389. The lowest BCUT2D eigenvalue weighted by molar-refractivity contribution is -0.908. The number of quaternary nitrogens is 1. The van der Waals surface area contributed by atoms with Crippen molar-refractivity contribution in [1.29, 1.82) is 0 Å². The molecule has 0 radical (unpaired) electrons. The van der Waals surface area contributed by atoms with Crippen molar-refractivity contribution in [2.24, 2.45) is 0 Å². The van der Waals surface area contributed by atoms with Crippen LogP contribution in [0.2, 0.25) is 0 Å². The molecule has 26 heavy (non-hydrogen) atoms. The second kappa shape index (κ2) is 8.88. The van der Waals surface area contributed by atoms with Crippen molar-refractivity contribution in [2.75, 3.05) is 25.0 Å². The molecule has 2 aromatic rings. The fourth-order valence-electron chi connectivity index (χ4n) is 3.09. The zero-order valence-electron chi connectivity index (χ0n) is 14.3. The first-order valence-corrected chi connectivity index (χ1v) is 9.50. The number of ether oxygens (including phenoxy) is 1. The quantitative estimate of drug-likeness (QED) is 0.544. The van der Waals surface area contributed by atoms with Gasteiger partial charge in [0, 0.05) is 24.4 Å². The van der Waals surface area contributed by atoms with E-state index in [9.17, 15) is 14.9 Å². The molecule has 138 valence electrons. The largest absolute Gasteiger partial charge is 0.372 e. The third kappa shape index (κ3) is 5.35. The van der Waals surface area contributed by atoms with Gasteiger partial charge in [-0.25, -0.2) is 0 Å². The molecule has 0 aliphatic carbocycles. The van der Waals surface area contributed by atoms with Crippen molar-refractivity contribution in [1.82, 2.24) is 0 Å². The number of non-ortho nitro benzene ring substituents is 1. The summed E-state index contributed by atoms with van der Waals surface area (Å²) in [5, 5.41) is 15.6. The molecule has 1 aromatic heterocycles. The van der Waals surface area contributed by atoms with E-state index in [0.29, 0.717) is 12.2 Å². The van der Waals surface area contributed by atoms with Gasteiger partial charge in [0.15, 0.2) is 6.54 Å². The summed E-state index contributed by atoms with van der Waals surface area (Å²) in [5.74, 6) is -0.108. The minimum atomic E-state index is -0.458. The topological polar surface area (TPSA) is 85.9 Å². The Balaban J connectivity index is 1.58. The lowest BCUT2D eigenvalue weighted by Crippen LogP contribution is -3.12. The number of thiophene rings is 1. The van der Waals surface area contributed by atoms with Gasteiger partial charge in [0.25, 0.3) is 11.6 Å². The molecule has 2 N–H and O–H groups in total. The lowest BCUT2D eigenvalue weighted by atomic mass is 10.2. The summed E-state index contributed by atoms with van der Waals surface area (Å²) in [6, 6.07) is 9.97. The van der Waals surface area contributed by atoms with Gasteiger partial charge in [0.2, 0.25) is 0 Å². The number of rotatable bonds is 8. The number of nitro groups is 1. The van der Waals surface area contributed by atoms with Gasteiger partial charge in [0.05, 0.1) is 9.80 Å². The highest BCUT2D eigenvalue weighted by molar-refractivity contribution is 7.09. The van der Waals surface area contributed by atoms with E-state index in [2.05, 4.69) is 11.4 Å². The number of amides is 1. The monoisotopic (exact) mass is 376 g/mol. The van der Waals surface area contributed by atoms with Gasteiger partial charge < -0.3 is 15.0 Å². The molecule has 1 aromatic carbocycles. The molecular weight excluding hydrogens is 354 g/mol. The zero-order valence-corrected chi connectivity index (χ0v) is 15.2. The maximum Gasteiger partial charge on any atom is 0.279 e. The van der Waals surface area contributed by atoms with Crippen LogP contribution in [-0.4, -0.2) is 36.6 Å². The van der Waals surface area contributed by atoms with Gasteiger partial charge in [-0.1, -0.05) is 6.07 Å². The first-order valence-electron chi connectivity index (χ1n) is 8.62. The van der Waals surface area contributed by atoms with Crippen LogP contribution in [0.3, 0.4) is 0 Å². The Morgan fingerprint density at radius 1 is 1.35 bits per heavy atom. The zero-order chi connectivity index (χ0) is 18.4. The maximum absolute atomic E-state index is 12.4. The van der Waals surface area contributed by atoms with E-state index >= 15 is 0 Å². The summed E-state index contributed by atoms with van der Waals surface area (Å²) < 4.78 is 5.73. The normalized spacial score (nSPS) is 17.8. The molecule has 0 spiro atoms. The summed E-state index contributed by atoms with van der Waals surface area (Å²) in [5.41, 5.74) is 0.569. The van der Waals surface area contributed by atoms with E-state index in [1.165, 1.54) is 17.0 Å². The number of hydrogen-bond acceptors (Lipinski definition) is 5. The number of nitrogens with zero attached hydrogens (tertiary/aromatic N) is 1. The van der Waals surface area contributed by atoms with Crippen LogP contribution in [0, 0.1) is 10.1 Å². The molecular formula is C18H22N3O4S+. The molecule has 3 rings (SSSR count). The predicted molar refractivity (Wildman–Crippen MR) is 99.4 cm³/mol. The first-order chi connectivity index (χ1) is 12.6. The van der Waals surface area contributed by atoms with Gasteiger partial charge in [0.1, 0.15) is 19.2 Å². The molecule has 0 saturated carbocycles. The molecule has 2 heterocycles. The van der Waals surface area contributed by atoms with Gasteiger partial charge in [-0.3, -0.25) is 14.9 Å². The summed E-state index contributed by atoms with van der Waals surface area (Å²) >= 11 is 1.69. The first kappa shape index (κ1) is 18.5. The summed E-state index contributed by atoms with van der Waals surface area (Å²) in [7, 11) is 0. The van der Waals surface area contributed by atoms with Crippen LogP contribution in [0.1, 0.15) is 17.7 Å². The van der Waals surface area contributed by atoms with E-state index in [-0.39, 0.29) is 17.7 Å². The molecule has 1 aliphatic heterocycles. The van der Waals surface area contributed by atoms with Crippen LogP contribution >= 0.6 is 11.3 Å². The van der Waals surface area contributed by atoms with Crippen LogP contribution < -0.4 is 10.2 Å². The average molecular weight is 376 g/mol. The van der Waals surface area contributed by atoms with E-state index in [4.69, 9.17) is 4.74 Å². The van der Waals surface area contributed by atoms with Crippen LogP contribution in [0.5, 0.6) is 0 Å².